The fraction of sp³-hybridized carbons (Fsp3) is 0.538. The van der Waals surface area contributed by atoms with E-state index in [0.29, 0.717) is 6.04 Å². The Bertz CT molecular complexity index is 367. The van der Waals surface area contributed by atoms with Gasteiger partial charge in [0.25, 0.3) is 0 Å². The number of piperazine rings is 1. The van der Waals surface area contributed by atoms with Crippen molar-refractivity contribution in [2.45, 2.75) is 26.8 Å². The van der Waals surface area contributed by atoms with Gasteiger partial charge in [0.2, 0.25) is 0 Å². The molecule has 1 heterocycles. The summed E-state index contributed by atoms with van der Waals surface area (Å²) in [6.07, 6.45) is 0. The number of nitrogens with one attached hydrogen (secondary N) is 1. The van der Waals surface area contributed by atoms with Crippen molar-refractivity contribution < 1.29 is 0 Å². The van der Waals surface area contributed by atoms with Crippen molar-refractivity contribution in [3.8, 4) is 0 Å². The summed E-state index contributed by atoms with van der Waals surface area (Å²) in [5.41, 5.74) is 4.14. The molecule has 3 heteroatoms. The molecule has 1 atom stereocenters. The molecule has 2 rings (SSSR count). The first-order chi connectivity index (χ1) is 7.59. The van der Waals surface area contributed by atoms with Crippen molar-refractivity contribution in [1.29, 1.82) is 0 Å². The van der Waals surface area contributed by atoms with Gasteiger partial charge in [-0.05, 0) is 44.0 Å². The van der Waals surface area contributed by atoms with Crippen LogP contribution < -0.4 is 10.2 Å². The Morgan fingerprint density at radius 3 is 2.50 bits per heavy atom. The van der Waals surface area contributed by atoms with Gasteiger partial charge in [-0.2, -0.15) is 0 Å². The topological polar surface area (TPSA) is 15.3 Å². The predicted octanol–water partition coefficient (Wildman–Crippen LogP) is 2.86. The summed E-state index contributed by atoms with van der Waals surface area (Å²) in [7, 11) is 0. The Kier molecular flexibility index (Phi) is 3.55. The number of nitrogens with zero attached hydrogens (tertiary/aromatic N) is 1. The zero-order valence-corrected chi connectivity index (χ0v) is 11.8. The van der Waals surface area contributed by atoms with Gasteiger partial charge < -0.3 is 10.2 Å². The normalized spacial score (nSPS) is 21.2. The van der Waals surface area contributed by atoms with E-state index in [-0.39, 0.29) is 0 Å². The third-order valence-electron chi connectivity index (χ3n) is 3.24. The highest BCUT2D eigenvalue weighted by molar-refractivity contribution is 9.10. The van der Waals surface area contributed by atoms with Crippen LogP contribution in [0.5, 0.6) is 0 Å². The van der Waals surface area contributed by atoms with E-state index in [0.717, 1.165) is 19.6 Å². The molecule has 0 amide bonds. The molecule has 0 aliphatic carbocycles. The van der Waals surface area contributed by atoms with Gasteiger partial charge in [-0.1, -0.05) is 15.9 Å². The highest BCUT2D eigenvalue weighted by atomic mass is 79.9. The van der Waals surface area contributed by atoms with E-state index < -0.39 is 0 Å². The Hall–Kier alpha value is -0.540. The maximum Gasteiger partial charge on any atom is 0.0429 e. The van der Waals surface area contributed by atoms with Gasteiger partial charge in [0.05, 0.1) is 0 Å². The quantitative estimate of drug-likeness (QED) is 0.852. The summed E-state index contributed by atoms with van der Waals surface area (Å²) in [4.78, 5) is 2.52. The standard InChI is InChI=1S/C13H19BrN2/c1-9-6-12(14)7-10(2)13(9)16-5-4-15-8-11(16)3/h6-7,11,15H,4-5,8H2,1-3H3. The van der Waals surface area contributed by atoms with Crippen molar-refractivity contribution in [3.63, 3.8) is 0 Å². The van der Waals surface area contributed by atoms with Crippen LogP contribution in [-0.4, -0.2) is 25.7 Å². The SMILES string of the molecule is Cc1cc(Br)cc(C)c1N1CCNCC1C. The molecular formula is C13H19BrN2. The van der Waals surface area contributed by atoms with Crippen molar-refractivity contribution >= 4 is 21.6 Å². The van der Waals surface area contributed by atoms with Crippen molar-refractivity contribution in [2.75, 3.05) is 24.5 Å². The molecule has 1 fully saturated rings. The predicted molar refractivity (Wildman–Crippen MR) is 73.3 cm³/mol. The van der Waals surface area contributed by atoms with Crippen LogP contribution in [0, 0.1) is 13.8 Å². The highest BCUT2D eigenvalue weighted by Gasteiger charge is 2.21. The molecule has 0 bridgehead atoms. The average Bonchev–Trinajstić information content (AvgIpc) is 2.19. The number of anilines is 1. The minimum Gasteiger partial charge on any atom is -0.366 e. The third-order valence-corrected chi connectivity index (χ3v) is 3.70. The molecule has 0 saturated carbocycles. The molecule has 0 spiro atoms. The minimum atomic E-state index is 0.576. The van der Waals surface area contributed by atoms with Gasteiger partial charge in [0.1, 0.15) is 0 Å². The maximum atomic E-state index is 3.56. The molecule has 2 nitrogen and oxygen atoms in total. The summed E-state index contributed by atoms with van der Waals surface area (Å²) in [6.45, 7) is 9.94. The Morgan fingerprint density at radius 1 is 1.31 bits per heavy atom. The lowest BCUT2D eigenvalue weighted by Gasteiger charge is -2.38. The van der Waals surface area contributed by atoms with Crippen molar-refractivity contribution in [3.05, 3.63) is 27.7 Å². The van der Waals surface area contributed by atoms with Gasteiger partial charge >= 0.3 is 0 Å². The second kappa shape index (κ2) is 4.76. The molecule has 88 valence electrons. The smallest absolute Gasteiger partial charge is 0.0429 e. The van der Waals surface area contributed by atoms with E-state index in [1.54, 1.807) is 0 Å². The number of aryl methyl sites for hydroxylation is 2. The maximum absolute atomic E-state index is 3.56. The molecule has 0 aromatic heterocycles. The lowest BCUT2D eigenvalue weighted by molar-refractivity contribution is 0.499. The Morgan fingerprint density at radius 2 is 1.94 bits per heavy atom. The molecule has 1 aliphatic rings. The first-order valence-electron chi connectivity index (χ1n) is 5.83. The van der Waals surface area contributed by atoms with Gasteiger partial charge in [-0.15, -0.1) is 0 Å². The van der Waals surface area contributed by atoms with Gasteiger partial charge in [0, 0.05) is 35.8 Å². The first kappa shape index (κ1) is 11.9. The van der Waals surface area contributed by atoms with Crippen LogP contribution in [0.2, 0.25) is 0 Å². The minimum absolute atomic E-state index is 0.576. The largest absolute Gasteiger partial charge is 0.366 e. The van der Waals surface area contributed by atoms with Crippen LogP contribution in [0.3, 0.4) is 0 Å². The average molecular weight is 283 g/mol. The third kappa shape index (κ3) is 2.25. The molecule has 1 N–H and O–H groups in total. The molecule has 1 aromatic carbocycles. The second-order valence-corrected chi connectivity index (χ2v) is 5.55. The zero-order valence-electron chi connectivity index (χ0n) is 10.2. The monoisotopic (exact) mass is 282 g/mol. The fourth-order valence-corrected chi connectivity index (χ4v) is 3.22. The number of rotatable bonds is 1. The van der Waals surface area contributed by atoms with Crippen LogP contribution in [0.1, 0.15) is 18.1 Å². The van der Waals surface area contributed by atoms with E-state index in [1.807, 2.05) is 0 Å². The molecule has 1 aromatic rings. The van der Waals surface area contributed by atoms with Crippen LogP contribution in [-0.2, 0) is 0 Å². The molecular weight excluding hydrogens is 264 g/mol. The summed E-state index contributed by atoms with van der Waals surface area (Å²) in [5, 5.41) is 3.43. The van der Waals surface area contributed by atoms with E-state index >= 15 is 0 Å². The van der Waals surface area contributed by atoms with Crippen molar-refractivity contribution in [2.24, 2.45) is 0 Å². The van der Waals surface area contributed by atoms with Gasteiger partial charge in [0.15, 0.2) is 0 Å². The van der Waals surface area contributed by atoms with E-state index in [9.17, 15) is 0 Å². The molecule has 1 aliphatic heterocycles. The summed E-state index contributed by atoms with van der Waals surface area (Å²) in [6, 6.07) is 4.99. The molecule has 1 saturated heterocycles. The van der Waals surface area contributed by atoms with Crippen LogP contribution in [0.15, 0.2) is 16.6 Å². The molecule has 16 heavy (non-hydrogen) atoms. The Balaban J connectivity index is 2.38. The fourth-order valence-electron chi connectivity index (χ4n) is 2.53. The second-order valence-electron chi connectivity index (χ2n) is 4.63. The number of halogens is 1. The highest BCUT2D eigenvalue weighted by Crippen LogP contribution is 2.30. The summed E-state index contributed by atoms with van der Waals surface area (Å²) in [5.74, 6) is 0. The Labute approximate surface area is 106 Å². The summed E-state index contributed by atoms with van der Waals surface area (Å²) >= 11 is 3.56. The summed E-state index contributed by atoms with van der Waals surface area (Å²) < 4.78 is 1.18. The van der Waals surface area contributed by atoms with Gasteiger partial charge in [-0.3, -0.25) is 0 Å². The van der Waals surface area contributed by atoms with Crippen molar-refractivity contribution in [1.82, 2.24) is 5.32 Å². The number of hydrogen-bond acceptors (Lipinski definition) is 2. The molecule has 0 radical (unpaired) electrons. The van der Waals surface area contributed by atoms with Crippen LogP contribution >= 0.6 is 15.9 Å². The van der Waals surface area contributed by atoms with Crippen LogP contribution in [0.4, 0.5) is 5.69 Å². The van der Waals surface area contributed by atoms with E-state index in [4.69, 9.17) is 0 Å². The number of benzene rings is 1. The zero-order chi connectivity index (χ0) is 11.7. The molecule has 1 unspecified atom stereocenters. The lowest BCUT2D eigenvalue weighted by Crippen LogP contribution is -2.50. The van der Waals surface area contributed by atoms with Crippen LogP contribution in [0.25, 0.3) is 0 Å². The first-order valence-corrected chi connectivity index (χ1v) is 6.63. The van der Waals surface area contributed by atoms with Gasteiger partial charge in [-0.25, -0.2) is 0 Å². The van der Waals surface area contributed by atoms with E-state index in [2.05, 4.69) is 59.1 Å². The van der Waals surface area contributed by atoms with E-state index in [1.165, 1.54) is 21.3 Å². The lowest BCUT2D eigenvalue weighted by atomic mass is 10.1. The number of hydrogen-bond donors (Lipinski definition) is 1.